The smallest absolute Gasteiger partial charge is 0.333 e. The fourth-order valence-electron chi connectivity index (χ4n) is 1.63. The van der Waals surface area contributed by atoms with Crippen LogP contribution < -0.4 is 5.32 Å². The Bertz CT molecular complexity index is 591. The molecular formula is C12H13ClF2N4O. The van der Waals surface area contributed by atoms with Gasteiger partial charge in [-0.05, 0) is 18.6 Å². The summed E-state index contributed by atoms with van der Waals surface area (Å²) in [6.07, 6.45) is 2.30. The zero-order valence-electron chi connectivity index (χ0n) is 10.6. The maximum Gasteiger partial charge on any atom is 0.333 e. The summed E-state index contributed by atoms with van der Waals surface area (Å²) in [6, 6.07) is 2.96. The van der Waals surface area contributed by atoms with Crippen molar-refractivity contribution in [2.45, 2.75) is 26.1 Å². The average Bonchev–Trinajstić information content (AvgIpc) is 2.88. The number of alkyl halides is 2. The van der Waals surface area contributed by atoms with Crippen molar-refractivity contribution in [1.29, 1.82) is 0 Å². The topological polar surface area (TPSA) is 63.0 Å². The Labute approximate surface area is 119 Å². The highest BCUT2D eigenvalue weighted by Crippen LogP contribution is 2.29. The van der Waals surface area contributed by atoms with Crippen LogP contribution in [0.4, 0.5) is 14.5 Å². The van der Waals surface area contributed by atoms with E-state index in [0.717, 1.165) is 0 Å². The van der Waals surface area contributed by atoms with Gasteiger partial charge in [0.15, 0.2) is 0 Å². The van der Waals surface area contributed by atoms with Crippen LogP contribution in [0.3, 0.4) is 0 Å². The first-order valence-corrected chi connectivity index (χ1v) is 6.33. The van der Waals surface area contributed by atoms with E-state index in [0.29, 0.717) is 28.0 Å². The predicted molar refractivity (Wildman–Crippen MR) is 71.6 cm³/mol. The number of aliphatic hydroxyl groups excluding tert-OH is 1. The van der Waals surface area contributed by atoms with E-state index in [1.54, 1.807) is 6.92 Å². The standard InChI is InChI=1S/C12H13ClF2N4O/c1-2-11(20)17-9-5-10(13)16-6-7(9)8-3-4-19(18-8)12(14)15/h3-6,11-12,20H,2H2,1H3,(H,16,17). The quantitative estimate of drug-likeness (QED) is 0.658. The third-order valence-corrected chi connectivity index (χ3v) is 2.87. The molecule has 0 spiro atoms. The average molecular weight is 303 g/mol. The molecule has 1 atom stereocenters. The van der Waals surface area contributed by atoms with Crippen molar-refractivity contribution in [1.82, 2.24) is 14.8 Å². The second-order valence-electron chi connectivity index (χ2n) is 4.08. The van der Waals surface area contributed by atoms with E-state index in [1.807, 2.05) is 0 Å². The summed E-state index contributed by atoms with van der Waals surface area (Å²) in [5, 5.41) is 16.5. The number of pyridine rings is 1. The molecule has 0 amide bonds. The number of anilines is 1. The molecule has 8 heteroatoms. The molecule has 0 aromatic carbocycles. The Kier molecular flexibility index (Phi) is 4.51. The SMILES string of the molecule is CCC(O)Nc1cc(Cl)ncc1-c1ccn(C(F)F)n1. The summed E-state index contributed by atoms with van der Waals surface area (Å²) in [4.78, 5) is 3.91. The number of halogens is 3. The van der Waals surface area contributed by atoms with Gasteiger partial charge in [0.25, 0.3) is 0 Å². The van der Waals surface area contributed by atoms with Crippen LogP contribution in [0.25, 0.3) is 11.3 Å². The first-order valence-electron chi connectivity index (χ1n) is 5.95. The molecule has 0 bridgehead atoms. The molecule has 2 heterocycles. The summed E-state index contributed by atoms with van der Waals surface area (Å²) < 4.78 is 25.6. The van der Waals surface area contributed by atoms with E-state index >= 15 is 0 Å². The van der Waals surface area contributed by atoms with E-state index in [2.05, 4.69) is 15.4 Å². The van der Waals surface area contributed by atoms with Crippen molar-refractivity contribution in [3.8, 4) is 11.3 Å². The minimum absolute atomic E-state index is 0.229. The second-order valence-corrected chi connectivity index (χ2v) is 4.47. The van der Waals surface area contributed by atoms with Crippen LogP contribution in [0, 0.1) is 0 Å². The number of aliphatic hydroxyl groups is 1. The van der Waals surface area contributed by atoms with Gasteiger partial charge in [0.05, 0.1) is 11.4 Å². The Hall–Kier alpha value is -1.73. The minimum atomic E-state index is -2.71. The number of aromatic nitrogens is 3. The van der Waals surface area contributed by atoms with Crippen LogP contribution >= 0.6 is 11.6 Å². The van der Waals surface area contributed by atoms with Crippen molar-refractivity contribution < 1.29 is 13.9 Å². The molecule has 5 nitrogen and oxygen atoms in total. The number of rotatable bonds is 5. The van der Waals surface area contributed by atoms with Crippen molar-refractivity contribution >= 4 is 17.3 Å². The van der Waals surface area contributed by atoms with Gasteiger partial charge in [0.1, 0.15) is 11.4 Å². The molecule has 1 unspecified atom stereocenters. The first-order chi connectivity index (χ1) is 9.51. The molecule has 0 radical (unpaired) electrons. The molecule has 20 heavy (non-hydrogen) atoms. The molecule has 2 aromatic heterocycles. The molecule has 0 saturated heterocycles. The third-order valence-electron chi connectivity index (χ3n) is 2.66. The molecule has 0 fully saturated rings. The van der Waals surface area contributed by atoms with Crippen LogP contribution in [0.2, 0.25) is 5.15 Å². The van der Waals surface area contributed by atoms with Gasteiger partial charge in [0.2, 0.25) is 0 Å². The lowest BCUT2D eigenvalue weighted by atomic mass is 10.1. The zero-order valence-corrected chi connectivity index (χ0v) is 11.3. The van der Waals surface area contributed by atoms with Gasteiger partial charge in [-0.3, -0.25) is 0 Å². The van der Waals surface area contributed by atoms with Crippen LogP contribution in [-0.2, 0) is 0 Å². The fraction of sp³-hybridized carbons (Fsp3) is 0.333. The highest BCUT2D eigenvalue weighted by atomic mass is 35.5. The van der Waals surface area contributed by atoms with Crippen LogP contribution in [0.15, 0.2) is 24.5 Å². The van der Waals surface area contributed by atoms with E-state index in [9.17, 15) is 13.9 Å². The van der Waals surface area contributed by atoms with Crippen molar-refractivity contribution in [3.63, 3.8) is 0 Å². The van der Waals surface area contributed by atoms with Gasteiger partial charge < -0.3 is 10.4 Å². The maximum absolute atomic E-state index is 12.5. The Balaban J connectivity index is 2.38. The number of nitrogens with one attached hydrogen (secondary N) is 1. The molecule has 0 aliphatic carbocycles. The van der Waals surface area contributed by atoms with E-state index in [-0.39, 0.29) is 5.15 Å². The summed E-state index contributed by atoms with van der Waals surface area (Å²) >= 11 is 5.81. The van der Waals surface area contributed by atoms with Gasteiger partial charge in [0, 0.05) is 18.0 Å². The molecule has 2 aromatic rings. The highest BCUT2D eigenvalue weighted by molar-refractivity contribution is 6.29. The van der Waals surface area contributed by atoms with E-state index < -0.39 is 12.8 Å². The Morgan fingerprint density at radius 3 is 2.85 bits per heavy atom. The normalized spacial score (nSPS) is 12.7. The Morgan fingerprint density at radius 1 is 1.50 bits per heavy atom. The number of nitrogens with zero attached hydrogens (tertiary/aromatic N) is 3. The van der Waals surface area contributed by atoms with Crippen LogP contribution in [0.1, 0.15) is 19.9 Å². The number of hydrogen-bond acceptors (Lipinski definition) is 4. The lowest BCUT2D eigenvalue weighted by Gasteiger charge is -2.15. The molecule has 0 saturated carbocycles. The predicted octanol–water partition coefficient (Wildman–Crippen LogP) is 3.13. The van der Waals surface area contributed by atoms with Gasteiger partial charge in [-0.15, -0.1) is 0 Å². The van der Waals surface area contributed by atoms with Crippen LogP contribution in [-0.4, -0.2) is 26.1 Å². The van der Waals surface area contributed by atoms with Crippen molar-refractivity contribution in [3.05, 3.63) is 29.7 Å². The summed E-state index contributed by atoms with van der Waals surface area (Å²) in [6.45, 7) is -0.910. The summed E-state index contributed by atoms with van der Waals surface area (Å²) in [5.41, 5.74) is 1.29. The minimum Gasteiger partial charge on any atom is -0.374 e. The van der Waals surface area contributed by atoms with Gasteiger partial charge in [-0.1, -0.05) is 18.5 Å². The molecule has 0 aliphatic rings. The second kappa shape index (κ2) is 6.15. The van der Waals surface area contributed by atoms with Gasteiger partial charge in [-0.2, -0.15) is 13.9 Å². The number of hydrogen-bond donors (Lipinski definition) is 2. The monoisotopic (exact) mass is 302 g/mol. The molecular weight excluding hydrogens is 290 g/mol. The zero-order chi connectivity index (χ0) is 14.7. The van der Waals surface area contributed by atoms with E-state index in [1.165, 1.54) is 24.5 Å². The summed E-state index contributed by atoms with van der Waals surface area (Å²) in [5.74, 6) is 0. The first kappa shape index (κ1) is 14.7. The van der Waals surface area contributed by atoms with Gasteiger partial charge >= 0.3 is 6.55 Å². The lowest BCUT2D eigenvalue weighted by molar-refractivity contribution is 0.0568. The molecule has 108 valence electrons. The maximum atomic E-state index is 12.5. The lowest BCUT2D eigenvalue weighted by Crippen LogP contribution is -2.17. The summed E-state index contributed by atoms with van der Waals surface area (Å²) in [7, 11) is 0. The third kappa shape index (κ3) is 3.23. The van der Waals surface area contributed by atoms with E-state index in [4.69, 9.17) is 11.6 Å². The highest BCUT2D eigenvalue weighted by Gasteiger charge is 2.14. The molecule has 0 aliphatic heterocycles. The molecule has 2 N–H and O–H groups in total. The van der Waals surface area contributed by atoms with Crippen LogP contribution in [0.5, 0.6) is 0 Å². The molecule has 2 rings (SSSR count). The van der Waals surface area contributed by atoms with Crippen molar-refractivity contribution in [2.75, 3.05) is 5.32 Å². The fourth-order valence-corrected chi connectivity index (χ4v) is 1.78. The Morgan fingerprint density at radius 2 is 2.25 bits per heavy atom. The largest absolute Gasteiger partial charge is 0.374 e. The van der Waals surface area contributed by atoms with Crippen molar-refractivity contribution in [2.24, 2.45) is 0 Å². The van der Waals surface area contributed by atoms with Gasteiger partial charge in [-0.25, -0.2) is 9.67 Å².